The highest BCUT2D eigenvalue weighted by Gasteiger charge is 2.09. The monoisotopic (exact) mass is 207 g/mol. The van der Waals surface area contributed by atoms with Crippen LogP contribution in [0.15, 0.2) is 18.2 Å². The second-order valence-corrected chi connectivity index (χ2v) is 3.17. The van der Waals surface area contributed by atoms with Crippen molar-refractivity contribution in [3.05, 3.63) is 29.3 Å². The van der Waals surface area contributed by atoms with E-state index < -0.39 is 0 Å². The zero-order chi connectivity index (χ0) is 11.3. The Bertz CT molecular complexity index is 359. The second kappa shape index (κ2) is 5.41. The van der Waals surface area contributed by atoms with E-state index in [1.165, 1.54) is 0 Å². The molecule has 0 aliphatic rings. The summed E-state index contributed by atoms with van der Waals surface area (Å²) in [7, 11) is 3.30. The van der Waals surface area contributed by atoms with Crippen molar-refractivity contribution < 1.29 is 9.47 Å². The third-order valence-corrected chi connectivity index (χ3v) is 2.20. The molecule has 0 aliphatic heterocycles. The SMILES string of the molecule is COc1ccc(C)c(OC)c1/C=C/CN. The van der Waals surface area contributed by atoms with Gasteiger partial charge in [-0.1, -0.05) is 18.2 Å². The Labute approximate surface area is 90.5 Å². The van der Waals surface area contributed by atoms with Crippen LogP contribution in [0, 0.1) is 6.92 Å². The molecule has 0 bridgehead atoms. The van der Waals surface area contributed by atoms with Crippen LogP contribution in [-0.4, -0.2) is 20.8 Å². The molecule has 0 aromatic heterocycles. The molecule has 0 heterocycles. The number of ether oxygens (including phenoxy) is 2. The van der Waals surface area contributed by atoms with E-state index in [1.807, 2.05) is 31.2 Å². The second-order valence-electron chi connectivity index (χ2n) is 3.17. The van der Waals surface area contributed by atoms with Crippen LogP contribution in [0.1, 0.15) is 11.1 Å². The van der Waals surface area contributed by atoms with Gasteiger partial charge in [0.05, 0.1) is 19.8 Å². The Morgan fingerprint density at radius 2 is 2.00 bits per heavy atom. The van der Waals surface area contributed by atoms with E-state index >= 15 is 0 Å². The first-order valence-corrected chi connectivity index (χ1v) is 4.82. The zero-order valence-electron chi connectivity index (χ0n) is 9.41. The van der Waals surface area contributed by atoms with Gasteiger partial charge < -0.3 is 15.2 Å². The number of hydrogen-bond acceptors (Lipinski definition) is 3. The summed E-state index contributed by atoms with van der Waals surface area (Å²) in [6.45, 7) is 2.50. The minimum atomic E-state index is 0.500. The van der Waals surface area contributed by atoms with Gasteiger partial charge in [0, 0.05) is 6.54 Å². The first-order chi connectivity index (χ1) is 7.24. The number of aryl methyl sites for hydroxylation is 1. The summed E-state index contributed by atoms with van der Waals surface area (Å²) in [5.74, 6) is 1.63. The summed E-state index contributed by atoms with van der Waals surface area (Å²) < 4.78 is 10.6. The number of benzene rings is 1. The average Bonchev–Trinajstić information content (AvgIpc) is 2.26. The molecule has 1 rings (SSSR count). The van der Waals surface area contributed by atoms with Crippen molar-refractivity contribution in [2.75, 3.05) is 20.8 Å². The minimum absolute atomic E-state index is 0.500. The summed E-state index contributed by atoms with van der Waals surface area (Å²) in [5, 5.41) is 0. The Hall–Kier alpha value is -1.48. The van der Waals surface area contributed by atoms with Crippen molar-refractivity contribution in [1.29, 1.82) is 0 Å². The normalized spacial score (nSPS) is 10.7. The van der Waals surface area contributed by atoms with Crippen LogP contribution in [0.2, 0.25) is 0 Å². The summed E-state index contributed by atoms with van der Waals surface area (Å²) in [4.78, 5) is 0. The molecular formula is C12H17NO2. The maximum atomic E-state index is 5.43. The molecule has 0 unspecified atom stereocenters. The van der Waals surface area contributed by atoms with Crippen molar-refractivity contribution in [3.63, 3.8) is 0 Å². The van der Waals surface area contributed by atoms with Gasteiger partial charge in [0.2, 0.25) is 0 Å². The standard InChI is InChI=1S/C12H17NO2/c1-9-6-7-11(14-2)10(5-4-8-13)12(9)15-3/h4-7H,8,13H2,1-3H3/b5-4+. The van der Waals surface area contributed by atoms with Crippen LogP contribution in [0.3, 0.4) is 0 Å². The predicted octanol–water partition coefficient (Wildman–Crippen LogP) is 1.98. The summed E-state index contributed by atoms with van der Waals surface area (Å²) in [6.07, 6.45) is 3.80. The molecule has 3 heteroatoms. The molecule has 15 heavy (non-hydrogen) atoms. The molecule has 0 saturated heterocycles. The third kappa shape index (κ3) is 2.50. The van der Waals surface area contributed by atoms with Crippen molar-refractivity contribution in [3.8, 4) is 11.5 Å². The molecule has 1 aromatic carbocycles. The van der Waals surface area contributed by atoms with Gasteiger partial charge in [-0.25, -0.2) is 0 Å². The lowest BCUT2D eigenvalue weighted by atomic mass is 10.1. The summed E-state index contributed by atoms with van der Waals surface area (Å²) in [5.41, 5.74) is 7.44. The summed E-state index contributed by atoms with van der Waals surface area (Å²) in [6, 6.07) is 3.89. The van der Waals surface area contributed by atoms with E-state index in [1.54, 1.807) is 14.2 Å². The van der Waals surface area contributed by atoms with E-state index in [0.29, 0.717) is 6.54 Å². The smallest absolute Gasteiger partial charge is 0.132 e. The molecule has 1 aromatic rings. The highest BCUT2D eigenvalue weighted by Crippen LogP contribution is 2.32. The van der Waals surface area contributed by atoms with E-state index in [9.17, 15) is 0 Å². The average molecular weight is 207 g/mol. The fraction of sp³-hybridized carbons (Fsp3) is 0.333. The quantitative estimate of drug-likeness (QED) is 0.821. The maximum absolute atomic E-state index is 5.43. The fourth-order valence-electron chi connectivity index (χ4n) is 1.48. The minimum Gasteiger partial charge on any atom is -0.496 e. The van der Waals surface area contributed by atoms with Crippen LogP contribution in [0.25, 0.3) is 6.08 Å². The van der Waals surface area contributed by atoms with Gasteiger partial charge in [-0.05, 0) is 18.6 Å². The van der Waals surface area contributed by atoms with E-state index in [2.05, 4.69) is 0 Å². The van der Waals surface area contributed by atoms with Crippen molar-refractivity contribution in [2.45, 2.75) is 6.92 Å². The highest BCUT2D eigenvalue weighted by molar-refractivity contribution is 5.66. The van der Waals surface area contributed by atoms with Gasteiger partial charge in [0.1, 0.15) is 11.5 Å². The maximum Gasteiger partial charge on any atom is 0.132 e. The Balaban J connectivity index is 3.27. The number of methoxy groups -OCH3 is 2. The van der Waals surface area contributed by atoms with Crippen LogP contribution < -0.4 is 15.2 Å². The van der Waals surface area contributed by atoms with Gasteiger partial charge in [0.15, 0.2) is 0 Å². The fourth-order valence-corrected chi connectivity index (χ4v) is 1.48. The Morgan fingerprint density at radius 1 is 1.27 bits per heavy atom. The lowest BCUT2D eigenvalue weighted by Crippen LogP contribution is -1.96. The van der Waals surface area contributed by atoms with Crippen molar-refractivity contribution >= 4 is 6.08 Å². The van der Waals surface area contributed by atoms with E-state index in [4.69, 9.17) is 15.2 Å². The van der Waals surface area contributed by atoms with Crippen LogP contribution in [0.5, 0.6) is 11.5 Å². The first-order valence-electron chi connectivity index (χ1n) is 4.82. The first kappa shape index (κ1) is 11.6. The van der Waals surface area contributed by atoms with Crippen molar-refractivity contribution in [2.24, 2.45) is 5.73 Å². The molecule has 0 spiro atoms. The largest absolute Gasteiger partial charge is 0.496 e. The number of hydrogen-bond donors (Lipinski definition) is 1. The Kier molecular flexibility index (Phi) is 4.18. The molecular weight excluding hydrogens is 190 g/mol. The molecule has 82 valence electrons. The van der Waals surface area contributed by atoms with Gasteiger partial charge in [-0.3, -0.25) is 0 Å². The molecule has 0 radical (unpaired) electrons. The molecule has 2 N–H and O–H groups in total. The predicted molar refractivity (Wildman–Crippen MR) is 62.4 cm³/mol. The molecule has 0 atom stereocenters. The van der Waals surface area contributed by atoms with Crippen LogP contribution in [-0.2, 0) is 0 Å². The van der Waals surface area contributed by atoms with Crippen LogP contribution in [0.4, 0.5) is 0 Å². The van der Waals surface area contributed by atoms with Gasteiger partial charge in [0.25, 0.3) is 0 Å². The van der Waals surface area contributed by atoms with Crippen LogP contribution >= 0.6 is 0 Å². The summed E-state index contributed by atoms with van der Waals surface area (Å²) >= 11 is 0. The molecule has 0 amide bonds. The zero-order valence-corrected chi connectivity index (χ0v) is 9.41. The lowest BCUT2D eigenvalue weighted by Gasteiger charge is -2.12. The Morgan fingerprint density at radius 3 is 2.53 bits per heavy atom. The van der Waals surface area contributed by atoms with Gasteiger partial charge in [-0.2, -0.15) is 0 Å². The molecule has 0 fully saturated rings. The van der Waals surface area contributed by atoms with Gasteiger partial charge >= 0.3 is 0 Å². The highest BCUT2D eigenvalue weighted by atomic mass is 16.5. The van der Waals surface area contributed by atoms with Crippen molar-refractivity contribution in [1.82, 2.24) is 0 Å². The number of nitrogens with two attached hydrogens (primary N) is 1. The third-order valence-electron chi connectivity index (χ3n) is 2.20. The molecule has 0 aliphatic carbocycles. The van der Waals surface area contributed by atoms with E-state index in [0.717, 1.165) is 22.6 Å². The molecule has 0 saturated carbocycles. The van der Waals surface area contributed by atoms with Gasteiger partial charge in [-0.15, -0.1) is 0 Å². The van der Waals surface area contributed by atoms with E-state index in [-0.39, 0.29) is 0 Å². The molecule has 3 nitrogen and oxygen atoms in total. The lowest BCUT2D eigenvalue weighted by molar-refractivity contribution is 0.390. The number of rotatable bonds is 4. The topological polar surface area (TPSA) is 44.5 Å².